The number of para-hydroxylation sites is 2. The van der Waals surface area contributed by atoms with Gasteiger partial charge in [-0.25, -0.2) is 9.67 Å². The van der Waals surface area contributed by atoms with Crippen molar-refractivity contribution in [2.24, 2.45) is 0 Å². The van der Waals surface area contributed by atoms with E-state index in [1.807, 2.05) is 6.07 Å². The number of anilines is 1. The summed E-state index contributed by atoms with van der Waals surface area (Å²) in [6.07, 6.45) is 3.96. The first kappa shape index (κ1) is 21.2. The van der Waals surface area contributed by atoms with E-state index in [4.69, 9.17) is 0 Å². The lowest BCUT2D eigenvalue weighted by atomic mass is 10.2. The number of hydrogen-bond donors (Lipinski definition) is 1. The van der Waals surface area contributed by atoms with Crippen molar-refractivity contribution in [2.75, 3.05) is 18.0 Å². The van der Waals surface area contributed by atoms with Gasteiger partial charge >= 0.3 is 0 Å². The minimum absolute atomic E-state index is 0.174. The summed E-state index contributed by atoms with van der Waals surface area (Å²) in [5.41, 5.74) is 0.342. The van der Waals surface area contributed by atoms with Crippen molar-refractivity contribution in [3.05, 3.63) is 86.0 Å². The van der Waals surface area contributed by atoms with E-state index >= 15 is 0 Å². The van der Waals surface area contributed by atoms with Crippen molar-refractivity contribution < 1.29 is 9.72 Å². The predicted octanol–water partition coefficient (Wildman–Crippen LogP) is 2.37. The SMILES string of the molecule is Cc1cc(=O)c(C(=O)NCc2ccnc(N3CCCC3)c2)nn1-c1ccccc1[N+](=O)[O-]. The Bertz CT molecular complexity index is 1230. The van der Waals surface area contributed by atoms with E-state index in [9.17, 15) is 19.7 Å². The van der Waals surface area contributed by atoms with Gasteiger partial charge in [0.05, 0.1) is 4.92 Å². The molecule has 0 spiro atoms. The van der Waals surface area contributed by atoms with Crippen LogP contribution in [0.2, 0.25) is 0 Å². The van der Waals surface area contributed by atoms with Gasteiger partial charge in [0.1, 0.15) is 11.5 Å². The fourth-order valence-corrected chi connectivity index (χ4v) is 3.70. The number of nitro benzene ring substituents is 1. The molecule has 0 atom stereocenters. The van der Waals surface area contributed by atoms with E-state index in [2.05, 4.69) is 20.3 Å². The molecular formula is C22H22N6O4. The zero-order valence-corrected chi connectivity index (χ0v) is 17.5. The van der Waals surface area contributed by atoms with Crippen molar-refractivity contribution in [2.45, 2.75) is 26.3 Å². The highest BCUT2D eigenvalue weighted by Crippen LogP contribution is 2.22. The van der Waals surface area contributed by atoms with Crippen molar-refractivity contribution in [1.29, 1.82) is 0 Å². The third-order valence-corrected chi connectivity index (χ3v) is 5.32. The Morgan fingerprint density at radius 1 is 1.19 bits per heavy atom. The van der Waals surface area contributed by atoms with Gasteiger partial charge in [-0.1, -0.05) is 12.1 Å². The van der Waals surface area contributed by atoms with E-state index in [0.717, 1.165) is 37.3 Å². The van der Waals surface area contributed by atoms with E-state index in [1.54, 1.807) is 25.3 Å². The molecular weight excluding hydrogens is 412 g/mol. The maximum absolute atomic E-state index is 12.7. The van der Waals surface area contributed by atoms with Gasteiger partial charge < -0.3 is 10.2 Å². The summed E-state index contributed by atoms with van der Waals surface area (Å²) in [6.45, 7) is 3.72. The van der Waals surface area contributed by atoms with Crippen LogP contribution in [0.5, 0.6) is 0 Å². The number of hydrogen-bond acceptors (Lipinski definition) is 7. The Kier molecular flexibility index (Phi) is 5.93. The Hall–Kier alpha value is -4.08. The lowest BCUT2D eigenvalue weighted by molar-refractivity contribution is -0.384. The average molecular weight is 434 g/mol. The van der Waals surface area contributed by atoms with Gasteiger partial charge in [-0.15, -0.1) is 0 Å². The molecule has 10 heteroatoms. The molecule has 0 bridgehead atoms. The van der Waals surface area contributed by atoms with Gasteiger partial charge in [0.2, 0.25) is 5.43 Å². The van der Waals surface area contributed by atoms with Crippen molar-refractivity contribution in [3.63, 3.8) is 0 Å². The number of carbonyl (C=O) groups excluding carboxylic acids is 1. The quantitative estimate of drug-likeness (QED) is 0.467. The Balaban J connectivity index is 1.57. The van der Waals surface area contributed by atoms with Crippen LogP contribution in [-0.2, 0) is 6.54 Å². The molecule has 10 nitrogen and oxygen atoms in total. The van der Waals surface area contributed by atoms with Gasteiger partial charge in [-0.05, 0) is 43.5 Å². The molecule has 0 unspecified atom stereocenters. The number of pyridine rings is 1. The molecule has 1 aromatic carbocycles. The molecule has 0 radical (unpaired) electrons. The number of benzene rings is 1. The molecule has 3 aromatic rings. The molecule has 1 aliphatic rings. The Labute approximate surface area is 183 Å². The molecule has 1 aliphatic heterocycles. The molecule has 1 fully saturated rings. The second-order valence-corrected chi connectivity index (χ2v) is 7.56. The highest BCUT2D eigenvalue weighted by Gasteiger charge is 2.20. The number of aromatic nitrogens is 3. The number of nitrogens with zero attached hydrogens (tertiary/aromatic N) is 5. The first-order chi connectivity index (χ1) is 15.4. The van der Waals surface area contributed by atoms with Crippen LogP contribution in [0.25, 0.3) is 5.69 Å². The number of carbonyl (C=O) groups is 1. The summed E-state index contributed by atoms with van der Waals surface area (Å²) in [6, 6.07) is 11.0. The maximum Gasteiger partial charge on any atom is 0.294 e. The highest BCUT2D eigenvalue weighted by atomic mass is 16.6. The van der Waals surface area contributed by atoms with Gasteiger partial charge in [-0.2, -0.15) is 5.10 Å². The van der Waals surface area contributed by atoms with Crippen LogP contribution in [0, 0.1) is 17.0 Å². The predicted molar refractivity (Wildman–Crippen MR) is 118 cm³/mol. The van der Waals surface area contributed by atoms with Crippen LogP contribution in [-0.4, -0.2) is 38.7 Å². The zero-order valence-electron chi connectivity index (χ0n) is 17.5. The normalized spacial score (nSPS) is 13.2. The number of nitrogens with one attached hydrogen (secondary N) is 1. The number of aryl methyl sites for hydroxylation is 1. The molecule has 4 rings (SSSR count). The summed E-state index contributed by atoms with van der Waals surface area (Å²) in [4.78, 5) is 42.6. The summed E-state index contributed by atoms with van der Waals surface area (Å²) < 4.78 is 1.24. The average Bonchev–Trinajstić information content (AvgIpc) is 3.33. The summed E-state index contributed by atoms with van der Waals surface area (Å²) in [5, 5.41) is 18.2. The molecule has 0 aliphatic carbocycles. The van der Waals surface area contributed by atoms with Crippen molar-refractivity contribution in [1.82, 2.24) is 20.1 Å². The minimum Gasteiger partial charge on any atom is -0.357 e. The van der Waals surface area contributed by atoms with Crippen LogP contribution < -0.4 is 15.6 Å². The van der Waals surface area contributed by atoms with Gasteiger partial charge in [0.25, 0.3) is 11.6 Å². The van der Waals surface area contributed by atoms with E-state index in [-0.39, 0.29) is 23.6 Å². The fraction of sp³-hybridized carbons (Fsp3) is 0.273. The molecule has 32 heavy (non-hydrogen) atoms. The maximum atomic E-state index is 12.7. The minimum atomic E-state index is -0.651. The third-order valence-electron chi connectivity index (χ3n) is 5.32. The topological polar surface area (TPSA) is 123 Å². The van der Waals surface area contributed by atoms with Crippen LogP contribution >= 0.6 is 0 Å². The zero-order chi connectivity index (χ0) is 22.7. The number of rotatable bonds is 6. The summed E-state index contributed by atoms with van der Waals surface area (Å²) >= 11 is 0. The molecule has 0 saturated carbocycles. The Morgan fingerprint density at radius 2 is 1.94 bits per heavy atom. The van der Waals surface area contributed by atoms with Crippen LogP contribution in [0.15, 0.2) is 53.5 Å². The Morgan fingerprint density at radius 3 is 2.69 bits per heavy atom. The van der Waals surface area contributed by atoms with E-state index in [1.165, 1.54) is 28.9 Å². The second-order valence-electron chi connectivity index (χ2n) is 7.56. The van der Waals surface area contributed by atoms with E-state index < -0.39 is 16.3 Å². The van der Waals surface area contributed by atoms with Gasteiger partial charge in [0, 0.05) is 43.7 Å². The molecule has 1 N–H and O–H groups in total. The number of amides is 1. The molecule has 3 heterocycles. The third kappa shape index (κ3) is 4.34. The lowest BCUT2D eigenvalue weighted by Gasteiger charge is -2.17. The molecule has 2 aromatic heterocycles. The molecule has 1 amide bonds. The highest BCUT2D eigenvalue weighted by molar-refractivity contribution is 5.92. The first-order valence-corrected chi connectivity index (χ1v) is 10.3. The van der Waals surface area contributed by atoms with Crippen LogP contribution in [0.4, 0.5) is 11.5 Å². The summed E-state index contributed by atoms with van der Waals surface area (Å²) in [5.74, 6) is 0.211. The fourth-order valence-electron chi connectivity index (χ4n) is 3.70. The van der Waals surface area contributed by atoms with Crippen LogP contribution in [0.1, 0.15) is 34.6 Å². The summed E-state index contributed by atoms with van der Waals surface area (Å²) in [7, 11) is 0. The lowest BCUT2D eigenvalue weighted by Crippen LogP contribution is -2.31. The molecule has 164 valence electrons. The number of nitro groups is 1. The standard InChI is InChI=1S/C22H22N6O4/c1-15-12-19(29)21(25-27(15)17-6-2-3-7-18(17)28(31)32)22(30)24-14-16-8-9-23-20(13-16)26-10-4-5-11-26/h2-3,6-9,12-13H,4-5,10-11,14H2,1H3,(H,24,30). The monoisotopic (exact) mass is 434 g/mol. The van der Waals surface area contributed by atoms with Crippen molar-refractivity contribution >= 4 is 17.4 Å². The largest absolute Gasteiger partial charge is 0.357 e. The van der Waals surface area contributed by atoms with E-state index in [0.29, 0.717) is 5.69 Å². The first-order valence-electron chi connectivity index (χ1n) is 10.3. The second kappa shape index (κ2) is 8.96. The molecule has 1 saturated heterocycles. The van der Waals surface area contributed by atoms with Crippen LogP contribution in [0.3, 0.4) is 0 Å². The van der Waals surface area contributed by atoms with Gasteiger partial charge in [-0.3, -0.25) is 19.7 Å². The smallest absolute Gasteiger partial charge is 0.294 e. The van der Waals surface area contributed by atoms with Gasteiger partial charge in [0.15, 0.2) is 5.69 Å². The van der Waals surface area contributed by atoms with Crippen molar-refractivity contribution in [3.8, 4) is 5.69 Å².